The highest BCUT2D eigenvalue weighted by molar-refractivity contribution is 5.51. The molecule has 0 aromatic heterocycles. The minimum Gasteiger partial charge on any atom is -0.393 e. The predicted molar refractivity (Wildman–Crippen MR) is 51.3 cm³/mol. The molecule has 0 atom stereocenters. The average Bonchev–Trinajstić information content (AvgIpc) is 1.79. The van der Waals surface area contributed by atoms with Gasteiger partial charge in [-0.05, 0) is 40.5 Å². The van der Waals surface area contributed by atoms with Gasteiger partial charge >= 0.3 is 0 Å². The third-order valence-electron chi connectivity index (χ3n) is 2.88. The first kappa shape index (κ1) is 10.5. The summed E-state index contributed by atoms with van der Waals surface area (Å²) in [6, 6.07) is 0. The molecule has 1 rings (SSSR count). The molecule has 0 radical (unpaired) electrons. The summed E-state index contributed by atoms with van der Waals surface area (Å²) in [5, 5.41) is 9.65. The zero-order chi connectivity index (χ0) is 10.3. The number of piperidine rings is 1. The third-order valence-corrected chi connectivity index (χ3v) is 2.88. The highest BCUT2D eigenvalue weighted by Gasteiger charge is 2.43. The van der Waals surface area contributed by atoms with E-state index in [4.69, 9.17) is 0 Å². The predicted octanol–water partition coefficient (Wildman–Crippen LogP) is 1.16. The minimum absolute atomic E-state index is 0.233. The Morgan fingerprint density at radius 2 is 1.62 bits per heavy atom. The summed E-state index contributed by atoms with van der Waals surface area (Å²) in [4.78, 5) is 12.8. The monoisotopic (exact) mass is 185 g/mol. The standard InChI is InChI=1S/C10H19NO2/c1-9(2)5-8(13)6-10(3,4)11(9)7-12/h7-8,13H,5-6H2,1-4H3. The Labute approximate surface area is 79.7 Å². The van der Waals surface area contributed by atoms with E-state index in [-0.39, 0.29) is 17.2 Å². The maximum Gasteiger partial charge on any atom is 0.210 e. The largest absolute Gasteiger partial charge is 0.393 e. The van der Waals surface area contributed by atoms with Gasteiger partial charge in [0, 0.05) is 11.1 Å². The smallest absolute Gasteiger partial charge is 0.210 e. The Morgan fingerprint density at radius 1 is 1.23 bits per heavy atom. The second kappa shape index (κ2) is 2.98. The van der Waals surface area contributed by atoms with E-state index in [1.54, 1.807) is 0 Å². The summed E-state index contributed by atoms with van der Waals surface area (Å²) >= 11 is 0. The van der Waals surface area contributed by atoms with Gasteiger partial charge in [0.25, 0.3) is 0 Å². The number of likely N-dealkylation sites (tertiary alicyclic amines) is 1. The topological polar surface area (TPSA) is 40.5 Å². The van der Waals surface area contributed by atoms with Crippen LogP contribution in [0.4, 0.5) is 0 Å². The van der Waals surface area contributed by atoms with Crippen LogP contribution in [-0.4, -0.2) is 33.6 Å². The fourth-order valence-electron chi connectivity index (χ4n) is 2.53. The Balaban J connectivity index is 2.94. The number of amides is 1. The van der Waals surface area contributed by atoms with Gasteiger partial charge in [0.1, 0.15) is 0 Å². The van der Waals surface area contributed by atoms with Crippen molar-refractivity contribution in [3.05, 3.63) is 0 Å². The number of carbonyl (C=O) groups excluding carboxylic acids is 1. The lowest BCUT2D eigenvalue weighted by Crippen LogP contribution is -2.61. The maximum absolute atomic E-state index is 10.9. The van der Waals surface area contributed by atoms with Gasteiger partial charge < -0.3 is 10.0 Å². The van der Waals surface area contributed by atoms with Crippen LogP contribution in [0.15, 0.2) is 0 Å². The molecule has 3 nitrogen and oxygen atoms in total. The molecule has 0 unspecified atom stereocenters. The number of hydrogen-bond donors (Lipinski definition) is 1. The number of hydrogen-bond acceptors (Lipinski definition) is 2. The van der Waals surface area contributed by atoms with E-state index in [0.717, 1.165) is 6.41 Å². The average molecular weight is 185 g/mol. The van der Waals surface area contributed by atoms with E-state index in [0.29, 0.717) is 12.8 Å². The van der Waals surface area contributed by atoms with Crippen LogP contribution in [0.3, 0.4) is 0 Å². The molecule has 0 aromatic rings. The van der Waals surface area contributed by atoms with Crippen molar-refractivity contribution in [1.82, 2.24) is 4.90 Å². The molecule has 76 valence electrons. The van der Waals surface area contributed by atoms with Crippen LogP contribution < -0.4 is 0 Å². The van der Waals surface area contributed by atoms with Crippen LogP contribution in [0.5, 0.6) is 0 Å². The molecule has 1 aliphatic rings. The molecular weight excluding hydrogens is 166 g/mol. The fourth-order valence-corrected chi connectivity index (χ4v) is 2.53. The third kappa shape index (κ3) is 1.85. The van der Waals surface area contributed by atoms with Crippen molar-refractivity contribution in [2.24, 2.45) is 0 Å². The van der Waals surface area contributed by atoms with Crippen molar-refractivity contribution in [2.45, 2.75) is 57.7 Å². The molecule has 1 aliphatic heterocycles. The van der Waals surface area contributed by atoms with Gasteiger partial charge in [0.2, 0.25) is 6.41 Å². The Hall–Kier alpha value is -0.570. The Kier molecular flexibility index (Phi) is 2.41. The highest BCUT2D eigenvalue weighted by Crippen LogP contribution is 2.36. The van der Waals surface area contributed by atoms with Gasteiger partial charge in [-0.25, -0.2) is 0 Å². The molecule has 1 heterocycles. The molecule has 0 bridgehead atoms. The van der Waals surface area contributed by atoms with Crippen molar-refractivity contribution >= 4 is 6.41 Å². The lowest BCUT2D eigenvalue weighted by Gasteiger charge is -2.52. The Morgan fingerprint density at radius 3 is 1.92 bits per heavy atom. The number of carbonyl (C=O) groups is 1. The van der Waals surface area contributed by atoms with E-state index in [2.05, 4.69) is 0 Å². The molecular formula is C10H19NO2. The first-order valence-corrected chi connectivity index (χ1v) is 4.72. The first-order chi connectivity index (χ1) is 5.79. The number of aliphatic hydroxyl groups is 1. The van der Waals surface area contributed by atoms with Gasteiger partial charge in [0.05, 0.1) is 6.10 Å². The number of nitrogens with zero attached hydrogens (tertiary/aromatic N) is 1. The lowest BCUT2D eigenvalue weighted by atomic mass is 9.79. The van der Waals surface area contributed by atoms with Crippen molar-refractivity contribution < 1.29 is 9.90 Å². The highest BCUT2D eigenvalue weighted by atomic mass is 16.3. The second-order valence-corrected chi connectivity index (χ2v) is 5.16. The molecule has 0 aromatic carbocycles. The summed E-state index contributed by atoms with van der Waals surface area (Å²) in [5.41, 5.74) is -0.466. The molecule has 0 spiro atoms. The second-order valence-electron chi connectivity index (χ2n) is 5.16. The quantitative estimate of drug-likeness (QED) is 0.623. The number of rotatable bonds is 1. The van der Waals surface area contributed by atoms with Crippen LogP contribution in [0.1, 0.15) is 40.5 Å². The van der Waals surface area contributed by atoms with Crippen LogP contribution >= 0.6 is 0 Å². The van der Waals surface area contributed by atoms with E-state index in [1.807, 2.05) is 32.6 Å². The molecule has 1 fully saturated rings. The zero-order valence-corrected chi connectivity index (χ0v) is 8.87. The summed E-state index contributed by atoms with van der Waals surface area (Å²) in [5.74, 6) is 0. The van der Waals surface area contributed by atoms with Crippen LogP contribution in [0, 0.1) is 0 Å². The van der Waals surface area contributed by atoms with E-state index in [9.17, 15) is 9.90 Å². The van der Waals surface area contributed by atoms with Crippen molar-refractivity contribution in [3.8, 4) is 0 Å². The molecule has 1 amide bonds. The summed E-state index contributed by atoms with van der Waals surface area (Å²) in [6.45, 7) is 7.97. The summed E-state index contributed by atoms with van der Waals surface area (Å²) in [7, 11) is 0. The number of aliphatic hydroxyl groups excluding tert-OH is 1. The Bertz CT molecular complexity index is 193. The van der Waals surface area contributed by atoms with Crippen molar-refractivity contribution in [2.75, 3.05) is 0 Å². The summed E-state index contributed by atoms with van der Waals surface area (Å²) < 4.78 is 0. The molecule has 3 heteroatoms. The first-order valence-electron chi connectivity index (χ1n) is 4.72. The minimum atomic E-state index is -0.291. The van der Waals surface area contributed by atoms with Crippen LogP contribution in [0.2, 0.25) is 0 Å². The molecule has 0 aliphatic carbocycles. The van der Waals surface area contributed by atoms with Gasteiger partial charge in [0.15, 0.2) is 0 Å². The zero-order valence-electron chi connectivity index (χ0n) is 8.87. The van der Waals surface area contributed by atoms with E-state index >= 15 is 0 Å². The van der Waals surface area contributed by atoms with Crippen molar-refractivity contribution in [3.63, 3.8) is 0 Å². The van der Waals surface area contributed by atoms with Gasteiger partial charge in [-0.15, -0.1) is 0 Å². The normalized spacial score (nSPS) is 27.3. The van der Waals surface area contributed by atoms with Gasteiger partial charge in [-0.1, -0.05) is 0 Å². The van der Waals surface area contributed by atoms with E-state index < -0.39 is 0 Å². The molecule has 1 saturated heterocycles. The molecule has 0 saturated carbocycles. The van der Waals surface area contributed by atoms with Gasteiger partial charge in [-0.3, -0.25) is 4.79 Å². The van der Waals surface area contributed by atoms with E-state index in [1.165, 1.54) is 0 Å². The SMILES string of the molecule is CC1(C)CC(O)CC(C)(C)N1C=O. The molecule has 13 heavy (non-hydrogen) atoms. The van der Waals surface area contributed by atoms with Crippen LogP contribution in [0.25, 0.3) is 0 Å². The lowest BCUT2D eigenvalue weighted by molar-refractivity contribution is -0.140. The van der Waals surface area contributed by atoms with Crippen LogP contribution in [-0.2, 0) is 4.79 Å². The fraction of sp³-hybridized carbons (Fsp3) is 0.900. The van der Waals surface area contributed by atoms with Gasteiger partial charge in [-0.2, -0.15) is 0 Å². The van der Waals surface area contributed by atoms with Crippen molar-refractivity contribution in [1.29, 1.82) is 0 Å². The summed E-state index contributed by atoms with van der Waals surface area (Å²) in [6.07, 6.45) is 1.93. The molecule has 1 N–H and O–H groups in total. The maximum atomic E-state index is 10.9.